The second-order valence-electron chi connectivity index (χ2n) is 17.7. The molecule has 1 fully saturated rings. The van der Waals surface area contributed by atoms with Crippen LogP contribution in [0.1, 0.15) is 49.8 Å². The molecular weight excluding hydrogens is 969 g/mol. The zero-order valence-electron chi connectivity index (χ0n) is 40.0. The Hall–Kier alpha value is -6.21. The van der Waals surface area contributed by atoms with Crippen LogP contribution >= 0.6 is 21.6 Å². The number of hydrogen-bond donors (Lipinski definition) is 14. The topological polar surface area (TPSA) is 352 Å². The number of aromatic hydroxyl groups is 1. The van der Waals surface area contributed by atoms with Gasteiger partial charge in [-0.25, -0.2) is 0 Å². The molecule has 5 rings (SSSR count). The summed E-state index contributed by atoms with van der Waals surface area (Å²) in [6.45, 7) is 2.18. The number of hydrogen-bond acceptors (Lipinski definition) is 15. The molecule has 1 aliphatic rings. The first-order valence-corrected chi connectivity index (χ1v) is 26.1. The van der Waals surface area contributed by atoms with Crippen LogP contribution in [0.5, 0.6) is 5.75 Å². The molecule has 23 heteroatoms. The van der Waals surface area contributed by atoms with Crippen LogP contribution in [0.15, 0.2) is 85.1 Å². The molecule has 0 aliphatic carbocycles. The molecule has 0 bridgehead atoms. The van der Waals surface area contributed by atoms with Crippen molar-refractivity contribution in [3.63, 3.8) is 0 Å². The Morgan fingerprint density at radius 3 is 2.03 bits per heavy atom. The summed E-state index contributed by atoms with van der Waals surface area (Å²) in [6, 6.07) is 11.3. The summed E-state index contributed by atoms with van der Waals surface area (Å²) in [6.07, 6.45) is -0.426. The molecule has 7 amide bonds. The number of phenolic OH excluding ortho intramolecular Hbond substituents is 1. The Morgan fingerprint density at radius 2 is 1.36 bits per heavy atom. The minimum Gasteiger partial charge on any atom is -0.508 e. The molecule has 4 aromatic rings. The Kier molecular flexibility index (Phi) is 22.2. The Bertz CT molecular complexity index is 2450. The third-order valence-electron chi connectivity index (χ3n) is 11.9. The van der Waals surface area contributed by atoms with E-state index in [1.54, 1.807) is 48.7 Å². The van der Waals surface area contributed by atoms with E-state index in [9.17, 15) is 54.0 Å². The lowest BCUT2D eigenvalue weighted by Crippen LogP contribution is -2.62. The van der Waals surface area contributed by atoms with E-state index in [2.05, 4.69) is 42.2 Å². The standard InChI is InChI=1S/C49H66N10O11S2/c1-27(61)39(24-60)56-48(69)41-26-72-71-25-40(57-43(64)34(51)20-29-10-4-3-5-11-29)47(68)54-37(21-30-15-17-32(63)18-16-30)45(66)55-38(22-31-23-52-35-13-7-6-12-33(31)35)46(67)53-36(14-8-9-19-50)44(65)59-42(28(2)62)49(70)58-41/h3-7,10-13,15-18,23,27-28,34,36-42,52,60-63H,8-9,14,19-22,24-26,50-51H2,1-2H3,(H,53,67)(H,54,68)(H,55,66)(H,56,69)(H,57,64)(H,58,70)(H,59,65)/t27?,28?,34?,36-,37-,38+,39+,40?,41-,42-/m0/s1. The predicted molar refractivity (Wildman–Crippen MR) is 274 cm³/mol. The van der Waals surface area contributed by atoms with Crippen molar-refractivity contribution < 1.29 is 54.0 Å². The largest absolute Gasteiger partial charge is 0.508 e. The number of unbranched alkanes of at least 4 members (excludes halogenated alkanes) is 1. The van der Waals surface area contributed by atoms with Crippen molar-refractivity contribution in [1.82, 2.24) is 42.2 Å². The molecule has 21 nitrogen and oxygen atoms in total. The second kappa shape index (κ2) is 28.1. The lowest BCUT2D eigenvalue weighted by Gasteiger charge is -2.29. The number of rotatable bonds is 17. The van der Waals surface area contributed by atoms with Crippen LogP contribution in [0.4, 0.5) is 0 Å². The fraction of sp³-hybridized carbons (Fsp3) is 0.449. The quantitative estimate of drug-likeness (QED) is 0.0441. The summed E-state index contributed by atoms with van der Waals surface area (Å²) in [7, 11) is 2.01. The van der Waals surface area contributed by atoms with Crippen LogP contribution in [0.25, 0.3) is 10.9 Å². The van der Waals surface area contributed by atoms with Crippen molar-refractivity contribution in [2.24, 2.45) is 11.5 Å². The van der Waals surface area contributed by atoms with Crippen molar-refractivity contribution in [2.75, 3.05) is 24.7 Å². The van der Waals surface area contributed by atoms with Gasteiger partial charge < -0.3 is 74.1 Å². The highest BCUT2D eigenvalue weighted by molar-refractivity contribution is 8.76. The number of amides is 7. The normalized spacial score (nSPS) is 22.7. The van der Waals surface area contributed by atoms with Gasteiger partial charge in [-0.2, -0.15) is 0 Å². The van der Waals surface area contributed by atoms with Gasteiger partial charge in [0.05, 0.1) is 30.9 Å². The number of fused-ring (bicyclic) bond motifs is 1. The van der Waals surface area contributed by atoms with Gasteiger partial charge in [0.25, 0.3) is 0 Å². The van der Waals surface area contributed by atoms with Gasteiger partial charge in [0.15, 0.2) is 0 Å². The predicted octanol–water partition coefficient (Wildman–Crippen LogP) is -1.10. The maximum atomic E-state index is 14.7. The number of H-pyrrole nitrogens is 1. The smallest absolute Gasteiger partial charge is 0.245 e. The van der Waals surface area contributed by atoms with Crippen LogP contribution in [-0.2, 0) is 52.8 Å². The third kappa shape index (κ3) is 17.0. The average molecular weight is 1040 g/mol. The number of para-hydroxylation sites is 1. The van der Waals surface area contributed by atoms with Crippen LogP contribution in [0, 0.1) is 0 Å². The molecule has 0 saturated carbocycles. The highest BCUT2D eigenvalue weighted by Crippen LogP contribution is 2.24. The first-order chi connectivity index (χ1) is 34.5. The van der Waals surface area contributed by atoms with E-state index in [1.807, 2.05) is 24.3 Å². The van der Waals surface area contributed by atoms with Gasteiger partial charge in [-0.15, -0.1) is 0 Å². The first-order valence-electron chi connectivity index (χ1n) is 23.6. The molecule has 390 valence electrons. The number of aromatic nitrogens is 1. The fourth-order valence-corrected chi connectivity index (χ4v) is 10.1. The highest BCUT2D eigenvalue weighted by Gasteiger charge is 2.36. The van der Waals surface area contributed by atoms with Crippen LogP contribution in [0.2, 0.25) is 0 Å². The van der Waals surface area contributed by atoms with Gasteiger partial charge in [-0.1, -0.05) is 82.3 Å². The molecule has 3 aromatic carbocycles. The highest BCUT2D eigenvalue weighted by atomic mass is 33.1. The number of carbonyl (C=O) groups excluding carboxylic acids is 7. The van der Waals surface area contributed by atoms with E-state index in [0.717, 1.165) is 38.1 Å². The maximum absolute atomic E-state index is 14.7. The number of aromatic amines is 1. The number of nitrogens with two attached hydrogens (primary N) is 2. The van der Waals surface area contributed by atoms with E-state index in [4.69, 9.17) is 11.5 Å². The number of phenols is 1. The van der Waals surface area contributed by atoms with Crippen molar-refractivity contribution in [3.8, 4) is 5.75 Å². The van der Waals surface area contributed by atoms with Crippen molar-refractivity contribution in [1.29, 1.82) is 0 Å². The maximum Gasteiger partial charge on any atom is 0.245 e. The fourth-order valence-electron chi connectivity index (χ4n) is 7.75. The minimum absolute atomic E-state index is 0.0130. The van der Waals surface area contributed by atoms with Crippen molar-refractivity contribution in [2.45, 2.75) is 113 Å². The van der Waals surface area contributed by atoms with Gasteiger partial charge in [-0.05, 0) is 81.0 Å². The molecule has 4 unspecified atom stereocenters. The summed E-state index contributed by atoms with van der Waals surface area (Å²) < 4.78 is 0. The van der Waals surface area contributed by atoms with E-state index in [0.29, 0.717) is 24.0 Å². The van der Waals surface area contributed by atoms with E-state index < -0.39 is 108 Å². The van der Waals surface area contributed by atoms with Gasteiger partial charge in [-0.3, -0.25) is 33.6 Å². The van der Waals surface area contributed by atoms with Crippen molar-refractivity contribution >= 4 is 73.8 Å². The van der Waals surface area contributed by atoms with E-state index >= 15 is 0 Å². The lowest BCUT2D eigenvalue weighted by molar-refractivity contribution is -0.136. The van der Waals surface area contributed by atoms with E-state index in [1.165, 1.54) is 26.0 Å². The molecule has 1 saturated heterocycles. The molecule has 2 heterocycles. The number of aliphatic hydroxyl groups is 3. The Morgan fingerprint density at radius 1 is 0.736 bits per heavy atom. The minimum atomic E-state index is -1.68. The molecule has 16 N–H and O–H groups in total. The SMILES string of the molecule is CC(O)[C@@H]1NC(=O)[C@H](CCCCN)NC(=O)[C@@H](Cc2c[nH]c3ccccc23)NC(=O)[C@H](Cc2ccc(O)cc2)NC(=O)C(NC(=O)C(N)Cc2ccccc2)CSSC[C@@H](C(=O)N[C@H](CO)C(C)O)NC1=O. The van der Waals surface area contributed by atoms with E-state index in [-0.39, 0.29) is 49.5 Å². The number of carbonyl (C=O) groups is 7. The molecular formula is C49H66N10O11S2. The Labute approximate surface area is 424 Å². The van der Waals surface area contributed by atoms with Gasteiger partial charge in [0, 0.05) is 41.4 Å². The number of aliphatic hydroxyl groups excluding tert-OH is 3. The van der Waals surface area contributed by atoms with Crippen LogP contribution in [0.3, 0.4) is 0 Å². The zero-order valence-corrected chi connectivity index (χ0v) is 41.7. The summed E-state index contributed by atoms with van der Waals surface area (Å²) in [5.74, 6) is -6.33. The molecule has 0 radical (unpaired) electrons. The summed E-state index contributed by atoms with van der Waals surface area (Å²) in [5.41, 5.74) is 14.8. The average Bonchev–Trinajstić information content (AvgIpc) is 3.77. The monoisotopic (exact) mass is 1030 g/mol. The van der Waals surface area contributed by atoms with Crippen LogP contribution in [-0.4, -0.2) is 152 Å². The van der Waals surface area contributed by atoms with Crippen LogP contribution < -0.4 is 48.7 Å². The molecule has 72 heavy (non-hydrogen) atoms. The van der Waals surface area contributed by atoms with Gasteiger partial charge in [0.2, 0.25) is 41.4 Å². The summed E-state index contributed by atoms with van der Waals surface area (Å²) >= 11 is 0. The molecule has 10 atom stereocenters. The summed E-state index contributed by atoms with van der Waals surface area (Å²) in [4.78, 5) is 103. The number of nitrogens with one attached hydrogen (secondary N) is 8. The number of benzene rings is 3. The zero-order chi connectivity index (χ0) is 52.3. The second-order valence-corrected chi connectivity index (χ2v) is 20.2. The Balaban J connectivity index is 1.57. The third-order valence-corrected chi connectivity index (χ3v) is 14.4. The molecule has 0 spiro atoms. The van der Waals surface area contributed by atoms with Gasteiger partial charge in [0.1, 0.15) is 42.0 Å². The van der Waals surface area contributed by atoms with Gasteiger partial charge >= 0.3 is 0 Å². The first kappa shape index (κ1) is 56.7. The molecule has 1 aromatic heterocycles. The lowest BCUT2D eigenvalue weighted by atomic mass is 10.0. The summed E-state index contributed by atoms with van der Waals surface area (Å²) in [5, 5.41) is 60.4. The van der Waals surface area contributed by atoms with Crippen molar-refractivity contribution in [3.05, 3.63) is 102 Å². The molecule has 1 aliphatic heterocycles.